The van der Waals surface area contributed by atoms with Gasteiger partial charge in [-0.2, -0.15) is 0 Å². The van der Waals surface area contributed by atoms with E-state index in [0.29, 0.717) is 47.1 Å². The van der Waals surface area contributed by atoms with Crippen LogP contribution in [0.4, 0.5) is 15.9 Å². The molecule has 0 amide bonds. The minimum atomic E-state index is -0.489. The van der Waals surface area contributed by atoms with Crippen molar-refractivity contribution in [2.75, 3.05) is 32.2 Å². The highest BCUT2D eigenvalue weighted by atomic mass is 35.5. The van der Waals surface area contributed by atoms with Gasteiger partial charge in [0.25, 0.3) is 0 Å². The van der Waals surface area contributed by atoms with Crippen molar-refractivity contribution in [1.82, 2.24) is 9.97 Å². The van der Waals surface area contributed by atoms with Crippen molar-refractivity contribution in [3.63, 3.8) is 0 Å². The van der Waals surface area contributed by atoms with Crippen LogP contribution in [0.25, 0.3) is 10.9 Å². The molecule has 0 radical (unpaired) electrons. The second kappa shape index (κ2) is 8.14. The van der Waals surface area contributed by atoms with Gasteiger partial charge in [-0.1, -0.05) is 11.6 Å². The van der Waals surface area contributed by atoms with Crippen LogP contribution < -0.4 is 14.8 Å². The molecule has 9 heteroatoms. The van der Waals surface area contributed by atoms with Gasteiger partial charge in [0.05, 0.1) is 30.9 Å². The Morgan fingerprint density at radius 3 is 2.75 bits per heavy atom. The minimum Gasteiger partial charge on any atom is -0.493 e. The Balaban J connectivity index is 1.66. The predicted molar refractivity (Wildman–Crippen MR) is 102 cm³/mol. The van der Waals surface area contributed by atoms with Crippen LogP contribution in [0.1, 0.15) is 0 Å². The number of anilines is 2. The van der Waals surface area contributed by atoms with Crippen molar-refractivity contribution >= 4 is 34.0 Å². The van der Waals surface area contributed by atoms with Crippen molar-refractivity contribution in [2.45, 2.75) is 6.29 Å². The number of nitrogens with zero attached hydrogens (tertiary/aromatic N) is 2. The van der Waals surface area contributed by atoms with Gasteiger partial charge in [-0.15, -0.1) is 0 Å². The molecular formula is C19H17ClFN3O4. The van der Waals surface area contributed by atoms with E-state index in [1.165, 1.54) is 18.5 Å². The van der Waals surface area contributed by atoms with Crippen molar-refractivity contribution in [3.8, 4) is 11.5 Å². The average Bonchev–Trinajstić information content (AvgIpc) is 3.22. The number of halogens is 2. The standard InChI is InChI=1S/C19H17ClFN3O4/c1-25-16-8-15-12(7-17(16)28-9-18-26-4-5-27-18)19(23-10-22-15)24-11-2-3-14(21)13(20)6-11/h2-3,6-8,10,18H,4-5,9H2,1H3,(H,22,23,24). The third kappa shape index (κ3) is 3.94. The van der Waals surface area contributed by atoms with Crippen LogP contribution in [0, 0.1) is 5.82 Å². The molecule has 3 aromatic rings. The fraction of sp³-hybridized carbons (Fsp3) is 0.263. The Kier molecular flexibility index (Phi) is 5.43. The maximum Gasteiger partial charge on any atom is 0.191 e. The van der Waals surface area contributed by atoms with Gasteiger partial charge in [0.2, 0.25) is 0 Å². The van der Waals surface area contributed by atoms with Crippen molar-refractivity contribution in [1.29, 1.82) is 0 Å². The molecule has 28 heavy (non-hydrogen) atoms. The van der Waals surface area contributed by atoms with Crippen molar-refractivity contribution in [2.24, 2.45) is 0 Å². The highest BCUT2D eigenvalue weighted by molar-refractivity contribution is 6.31. The van der Waals surface area contributed by atoms with Gasteiger partial charge < -0.3 is 24.3 Å². The van der Waals surface area contributed by atoms with E-state index in [0.717, 1.165) is 0 Å². The van der Waals surface area contributed by atoms with E-state index >= 15 is 0 Å². The lowest BCUT2D eigenvalue weighted by atomic mass is 10.2. The van der Waals surface area contributed by atoms with E-state index in [1.807, 2.05) is 0 Å². The molecule has 0 atom stereocenters. The fourth-order valence-electron chi connectivity index (χ4n) is 2.81. The van der Waals surface area contributed by atoms with E-state index in [2.05, 4.69) is 15.3 Å². The average molecular weight is 406 g/mol. The zero-order chi connectivity index (χ0) is 19.5. The second-order valence-corrected chi connectivity index (χ2v) is 6.39. The highest BCUT2D eigenvalue weighted by Gasteiger charge is 2.18. The molecule has 146 valence electrons. The summed E-state index contributed by atoms with van der Waals surface area (Å²) in [6.07, 6.45) is 1.02. The molecule has 2 aromatic carbocycles. The first-order valence-corrected chi connectivity index (χ1v) is 8.92. The third-order valence-electron chi connectivity index (χ3n) is 4.17. The van der Waals surface area contributed by atoms with Crippen LogP contribution in [0.15, 0.2) is 36.7 Å². The van der Waals surface area contributed by atoms with Gasteiger partial charge in [0, 0.05) is 17.1 Å². The molecule has 1 saturated heterocycles. The summed E-state index contributed by atoms with van der Waals surface area (Å²) in [5.41, 5.74) is 1.25. The minimum absolute atomic E-state index is 0.0191. The number of rotatable bonds is 6. The predicted octanol–water partition coefficient (Wildman–Crippen LogP) is 3.93. The van der Waals surface area contributed by atoms with Crippen LogP contribution in [-0.2, 0) is 9.47 Å². The summed E-state index contributed by atoms with van der Waals surface area (Å²) in [4.78, 5) is 8.56. The molecule has 0 bridgehead atoms. The number of fused-ring (bicyclic) bond motifs is 1. The molecule has 4 rings (SSSR count). The van der Waals surface area contributed by atoms with Crippen LogP contribution in [0.5, 0.6) is 11.5 Å². The van der Waals surface area contributed by atoms with Gasteiger partial charge in [0.1, 0.15) is 24.6 Å². The highest BCUT2D eigenvalue weighted by Crippen LogP contribution is 2.35. The van der Waals surface area contributed by atoms with E-state index in [1.54, 1.807) is 25.3 Å². The summed E-state index contributed by atoms with van der Waals surface area (Å²) in [7, 11) is 1.55. The largest absolute Gasteiger partial charge is 0.493 e. The zero-order valence-corrected chi connectivity index (χ0v) is 15.7. The van der Waals surface area contributed by atoms with Crippen LogP contribution >= 0.6 is 11.6 Å². The Morgan fingerprint density at radius 1 is 1.18 bits per heavy atom. The van der Waals surface area contributed by atoms with Gasteiger partial charge in [-0.05, 0) is 24.3 Å². The number of aromatic nitrogens is 2. The molecule has 0 unspecified atom stereocenters. The molecule has 1 N–H and O–H groups in total. The first kappa shape index (κ1) is 18.7. The van der Waals surface area contributed by atoms with Gasteiger partial charge >= 0.3 is 0 Å². The lowest BCUT2D eigenvalue weighted by Gasteiger charge is -2.15. The molecular weight excluding hydrogens is 389 g/mol. The number of ether oxygens (including phenoxy) is 4. The number of benzene rings is 2. The number of methoxy groups -OCH3 is 1. The molecule has 0 spiro atoms. The number of nitrogens with one attached hydrogen (secondary N) is 1. The molecule has 1 aliphatic heterocycles. The van der Waals surface area contributed by atoms with E-state index in [4.69, 9.17) is 30.5 Å². The molecule has 2 heterocycles. The Morgan fingerprint density at radius 2 is 2.00 bits per heavy atom. The first-order chi connectivity index (χ1) is 13.6. The maximum absolute atomic E-state index is 13.4. The second-order valence-electron chi connectivity index (χ2n) is 5.98. The summed E-state index contributed by atoms with van der Waals surface area (Å²) < 4.78 is 35.4. The quantitative estimate of drug-likeness (QED) is 0.666. The topological polar surface area (TPSA) is 74.7 Å². The van der Waals surface area contributed by atoms with Crippen molar-refractivity contribution in [3.05, 3.63) is 47.5 Å². The smallest absolute Gasteiger partial charge is 0.191 e. The molecule has 0 aliphatic carbocycles. The van der Waals surface area contributed by atoms with Crippen LogP contribution in [0.3, 0.4) is 0 Å². The monoisotopic (exact) mass is 405 g/mol. The van der Waals surface area contributed by atoms with E-state index in [9.17, 15) is 4.39 Å². The molecule has 1 aliphatic rings. The summed E-state index contributed by atoms with van der Waals surface area (Å²) in [5.74, 6) is 1.06. The molecule has 1 aromatic heterocycles. The Hall–Kier alpha value is -2.68. The van der Waals surface area contributed by atoms with Crippen molar-refractivity contribution < 1.29 is 23.3 Å². The SMILES string of the molecule is COc1cc2ncnc(Nc3ccc(F)c(Cl)c3)c2cc1OCC1OCCO1. The van der Waals surface area contributed by atoms with Gasteiger partial charge in [-0.25, -0.2) is 14.4 Å². The van der Waals surface area contributed by atoms with E-state index in [-0.39, 0.29) is 11.6 Å². The normalized spacial score (nSPS) is 14.4. The summed E-state index contributed by atoms with van der Waals surface area (Å²) >= 11 is 5.86. The lowest BCUT2D eigenvalue weighted by molar-refractivity contribution is -0.0686. The van der Waals surface area contributed by atoms with Gasteiger partial charge in [0.15, 0.2) is 17.8 Å². The zero-order valence-electron chi connectivity index (χ0n) is 14.9. The van der Waals surface area contributed by atoms with Gasteiger partial charge in [-0.3, -0.25) is 0 Å². The summed E-state index contributed by atoms with van der Waals surface area (Å²) in [5, 5.41) is 3.85. The molecule has 7 nitrogen and oxygen atoms in total. The third-order valence-corrected chi connectivity index (χ3v) is 4.46. The number of hydrogen-bond donors (Lipinski definition) is 1. The first-order valence-electron chi connectivity index (χ1n) is 8.55. The van der Waals surface area contributed by atoms with E-state index < -0.39 is 12.1 Å². The molecule has 0 saturated carbocycles. The maximum atomic E-state index is 13.4. The lowest BCUT2D eigenvalue weighted by Crippen LogP contribution is -2.18. The summed E-state index contributed by atoms with van der Waals surface area (Å²) in [6, 6.07) is 7.88. The fourth-order valence-corrected chi connectivity index (χ4v) is 2.99. The Labute approximate surface area is 165 Å². The Bertz CT molecular complexity index is 998. The van der Waals surface area contributed by atoms with Crippen LogP contribution in [-0.4, -0.2) is 43.2 Å². The van der Waals surface area contributed by atoms with Crippen LogP contribution in [0.2, 0.25) is 5.02 Å². The molecule has 1 fully saturated rings. The summed E-state index contributed by atoms with van der Waals surface area (Å²) in [6.45, 7) is 1.32. The number of hydrogen-bond acceptors (Lipinski definition) is 7.